The molecule has 2 aromatic rings. The zero-order valence-electron chi connectivity index (χ0n) is 12.3. The number of aryl methyl sites for hydroxylation is 1. The summed E-state index contributed by atoms with van der Waals surface area (Å²) < 4.78 is 0. The number of anilines is 1. The largest absolute Gasteiger partial charge is 0.325 e. The summed E-state index contributed by atoms with van der Waals surface area (Å²) in [6.07, 6.45) is 2.98. The van der Waals surface area contributed by atoms with E-state index in [1.54, 1.807) is 11.8 Å². The number of nitrogens with one attached hydrogen (secondary N) is 1. The van der Waals surface area contributed by atoms with E-state index >= 15 is 0 Å². The molecular weight excluding hydrogens is 278 g/mol. The molecule has 1 amide bonds. The molecule has 2 nitrogen and oxygen atoms in total. The molecule has 0 bridgehead atoms. The van der Waals surface area contributed by atoms with Crippen molar-refractivity contribution in [1.29, 1.82) is 0 Å². The SMILES string of the molecule is CSc1ccccc1NC(=O)[C@H]1C[C@@H]1c1ccccc1C. The van der Waals surface area contributed by atoms with E-state index in [1.165, 1.54) is 11.1 Å². The van der Waals surface area contributed by atoms with E-state index in [2.05, 4.69) is 30.4 Å². The summed E-state index contributed by atoms with van der Waals surface area (Å²) in [4.78, 5) is 13.5. The first-order valence-corrected chi connectivity index (χ1v) is 8.42. The lowest BCUT2D eigenvalue weighted by Crippen LogP contribution is -2.15. The molecule has 0 spiro atoms. The number of benzene rings is 2. The van der Waals surface area contributed by atoms with Crippen LogP contribution in [0.5, 0.6) is 0 Å². The molecule has 0 aromatic heterocycles. The average Bonchev–Trinajstić information content (AvgIpc) is 3.29. The first-order chi connectivity index (χ1) is 10.2. The zero-order valence-corrected chi connectivity index (χ0v) is 13.1. The van der Waals surface area contributed by atoms with Crippen molar-refractivity contribution in [2.24, 2.45) is 5.92 Å². The molecule has 2 atom stereocenters. The Morgan fingerprint density at radius 2 is 1.86 bits per heavy atom. The van der Waals surface area contributed by atoms with Gasteiger partial charge in [0.25, 0.3) is 0 Å². The van der Waals surface area contributed by atoms with Crippen LogP contribution in [0.4, 0.5) is 5.69 Å². The van der Waals surface area contributed by atoms with Gasteiger partial charge < -0.3 is 5.32 Å². The van der Waals surface area contributed by atoms with Gasteiger partial charge in [-0.15, -0.1) is 11.8 Å². The van der Waals surface area contributed by atoms with Gasteiger partial charge in [-0.2, -0.15) is 0 Å². The van der Waals surface area contributed by atoms with Crippen molar-refractivity contribution < 1.29 is 4.79 Å². The molecule has 2 aromatic carbocycles. The second-order valence-electron chi connectivity index (χ2n) is 5.49. The van der Waals surface area contributed by atoms with E-state index in [-0.39, 0.29) is 11.8 Å². The molecule has 3 rings (SSSR count). The maximum Gasteiger partial charge on any atom is 0.228 e. The highest BCUT2D eigenvalue weighted by Crippen LogP contribution is 2.49. The molecule has 21 heavy (non-hydrogen) atoms. The third-order valence-electron chi connectivity index (χ3n) is 4.08. The molecule has 1 N–H and O–H groups in total. The van der Waals surface area contributed by atoms with Crippen LogP contribution >= 0.6 is 11.8 Å². The van der Waals surface area contributed by atoms with Gasteiger partial charge in [0.05, 0.1) is 5.69 Å². The minimum Gasteiger partial charge on any atom is -0.325 e. The predicted molar refractivity (Wildman–Crippen MR) is 88.9 cm³/mol. The van der Waals surface area contributed by atoms with Crippen molar-refractivity contribution in [3.63, 3.8) is 0 Å². The molecule has 3 heteroatoms. The van der Waals surface area contributed by atoms with Crippen molar-refractivity contribution in [2.45, 2.75) is 24.2 Å². The lowest BCUT2D eigenvalue weighted by Gasteiger charge is -2.09. The Morgan fingerprint density at radius 1 is 1.14 bits per heavy atom. The molecule has 1 saturated carbocycles. The lowest BCUT2D eigenvalue weighted by molar-refractivity contribution is -0.117. The Labute approximate surface area is 130 Å². The minimum absolute atomic E-state index is 0.112. The van der Waals surface area contributed by atoms with E-state index in [9.17, 15) is 4.79 Å². The summed E-state index contributed by atoms with van der Waals surface area (Å²) >= 11 is 1.65. The van der Waals surface area contributed by atoms with Crippen LogP contribution in [0.2, 0.25) is 0 Å². The number of amides is 1. The second kappa shape index (κ2) is 5.94. The van der Waals surface area contributed by atoms with E-state index < -0.39 is 0 Å². The molecule has 1 aliphatic rings. The quantitative estimate of drug-likeness (QED) is 0.844. The van der Waals surface area contributed by atoms with Crippen LogP contribution in [0.25, 0.3) is 0 Å². The van der Waals surface area contributed by atoms with E-state index in [0.717, 1.165) is 17.0 Å². The van der Waals surface area contributed by atoms with Crippen LogP contribution < -0.4 is 5.32 Å². The Balaban J connectivity index is 1.70. The maximum atomic E-state index is 12.4. The summed E-state index contributed by atoms with van der Waals surface area (Å²) in [5, 5.41) is 3.08. The van der Waals surface area contributed by atoms with Crippen molar-refractivity contribution >= 4 is 23.4 Å². The molecule has 0 unspecified atom stereocenters. The molecule has 108 valence electrons. The van der Waals surface area contributed by atoms with Gasteiger partial charge in [-0.3, -0.25) is 4.79 Å². The Morgan fingerprint density at radius 3 is 2.62 bits per heavy atom. The highest BCUT2D eigenvalue weighted by molar-refractivity contribution is 7.98. The van der Waals surface area contributed by atoms with Gasteiger partial charge in [0.15, 0.2) is 0 Å². The molecular formula is C18H19NOS. The summed E-state index contributed by atoms with van der Waals surface area (Å²) in [7, 11) is 0. The number of para-hydroxylation sites is 1. The van der Waals surface area contributed by atoms with E-state index in [4.69, 9.17) is 0 Å². The van der Waals surface area contributed by atoms with Crippen LogP contribution in [0.1, 0.15) is 23.5 Å². The highest BCUT2D eigenvalue weighted by Gasteiger charge is 2.44. The van der Waals surface area contributed by atoms with Crippen molar-refractivity contribution in [3.05, 3.63) is 59.7 Å². The number of hydrogen-bond donors (Lipinski definition) is 1. The number of rotatable bonds is 4. The molecule has 0 aliphatic heterocycles. The molecule has 0 radical (unpaired) electrons. The fraction of sp³-hybridized carbons (Fsp3) is 0.278. The predicted octanol–water partition coefficient (Wildman–Crippen LogP) is 4.46. The molecule has 0 heterocycles. The van der Waals surface area contributed by atoms with Gasteiger partial charge in [0.1, 0.15) is 0 Å². The molecule has 1 aliphatic carbocycles. The van der Waals surface area contributed by atoms with Gasteiger partial charge >= 0.3 is 0 Å². The van der Waals surface area contributed by atoms with Crippen LogP contribution in [0.15, 0.2) is 53.4 Å². The standard InChI is InChI=1S/C18H19NOS/c1-12-7-3-4-8-13(12)14-11-15(14)18(20)19-16-9-5-6-10-17(16)21-2/h3-10,14-15H,11H2,1-2H3,(H,19,20)/t14-,15+/m1/s1. The average molecular weight is 297 g/mol. The third kappa shape index (κ3) is 2.98. The lowest BCUT2D eigenvalue weighted by atomic mass is 10.0. The first kappa shape index (κ1) is 14.2. The van der Waals surface area contributed by atoms with Crippen LogP contribution in [-0.2, 0) is 4.79 Å². The number of carbonyl (C=O) groups is 1. The number of carbonyl (C=O) groups excluding carboxylic acids is 1. The number of thioether (sulfide) groups is 1. The summed E-state index contributed by atoms with van der Waals surface area (Å²) in [6, 6.07) is 16.3. The van der Waals surface area contributed by atoms with E-state index in [1.807, 2.05) is 36.6 Å². The maximum absolute atomic E-state index is 12.4. The smallest absolute Gasteiger partial charge is 0.228 e. The van der Waals surface area contributed by atoms with E-state index in [0.29, 0.717) is 5.92 Å². The number of hydrogen-bond acceptors (Lipinski definition) is 2. The first-order valence-electron chi connectivity index (χ1n) is 7.20. The third-order valence-corrected chi connectivity index (χ3v) is 4.88. The second-order valence-corrected chi connectivity index (χ2v) is 6.34. The molecule has 0 saturated heterocycles. The van der Waals surface area contributed by atoms with Crippen LogP contribution in [-0.4, -0.2) is 12.2 Å². The van der Waals surface area contributed by atoms with Gasteiger partial charge in [-0.05, 0) is 48.8 Å². The summed E-state index contributed by atoms with van der Waals surface area (Å²) in [5.41, 5.74) is 3.52. The Kier molecular flexibility index (Phi) is 4.02. The Hall–Kier alpha value is -1.74. The van der Waals surface area contributed by atoms with Crippen LogP contribution in [0, 0.1) is 12.8 Å². The monoisotopic (exact) mass is 297 g/mol. The fourth-order valence-electron chi connectivity index (χ4n) is 2.80. The fourth-order valence-corrected chi connectivity index (χ4v) is 3.36. The van der Waals surface area contributed by atoms with Crippen LogP contribution in [0.3, 0.4) is 0 Å². The zero-order chi connectivity index (χ0) is 14.8. The highest BCUT2D eigenvalue weighted by atomic mass is 32.2. The summed E-state index contributed by atoms with van der Waals surface area (Å²) in [5.74, 6) is 0.637. The van der Waals surface area contributed by atoms with Crippen molar-refractivity contribution in [3.8, 4) is 0 Å². The van der Waals surface area contributed by atoms with Gasteiger partial charge in [-0.25, -0.2) is 0 Å². The van der Waals surface area contributed by atoms with Crippen molar-refractivity contribution in [1.82, 2.24) is 0 Å². The van der Waals surface area contributed by atoms with Crippen molar-refractivity contribution in [2.75, 3.05) is 11.6 Å². The normalized spacial score (nSPS) is 20.1. The Bertz CT molecular complexity index is 668. The van der Waals surface area contributed by atoms with Gasteiger partial charge in [0.2, 0.25) is 5.91 Å². The minimum atomic E-state index is 0.112. The topological polar surface area (TPSA) is 29.1 Å². The van der Waals surface area contributed by atoms with Gasteiger partial charge in [0, 0.05) is 10.8 Å². The molecule has 1 fully saturated rings. The summed E-state index contributed by atoms with van der Waals surface area (Å²) in [6.45, 7) is 2.12. The van der Waals surface area contributed by atoms with Gasteiger partial charge in [-0.1, -0.05) is 36.4 Å².